The molecule has 1 aliphatic carbocycles. The van der Waals surface area contributed by atoms with E-state index in [4.69, 9.17) is 0 Å². The summed E-state index contributed by atoms with van der Waals surface area (Å²) in [7, 11) is 0. The summed E-state index contributed by atoms with van der Waals surface area (Å²) >= 11 is 1.76. The van der Waals surface area contributed by atoms with Crippen molar-refractivity contribution in [2.75, 3.05) is 12.0 Å². The molecule has 0 saturated heterocycles. The number of carboxylic acids is 1. The Labute approximate surface area is 96.8 Å². The highest BCUT2D eigenvalue weighted by Crippen LogP contribution is 2.43. The molecule has 0 aromatic rings. The molecule has 15 heavy (non-hydrogen) atoms. The van der Waals surface area contributed by atoms with Crippen LogP contribution in [0.5, 0.6) is 0 Å². The number of rotatable bonds is 5. The van der Waals surface area contributed by atoms with Crippen molar-refractivity contribution in [1.82, 2.24) is 0 Å². The third-order valence-electron chi connectivity index (χ3n) is 3.76. The maximum absolute atomic E-state index is 11.4. The maximum atomic E-state index is 11.4. The topological polar surface area (TPSA) is 37.3 Å². The van der Waals surface area contributed by atoms with Gasteiger partial charge < -0.3 is 5.11 Å². The second kappa shape index (κ2) is 5.78. The predicted octanol–water partition coefficient (Wildman–Crippen LogP) is 3.41. The molecule has 0 aliphatic heterocycles. The van der Waals surface area contributed by atoms with Crippen LogP contribution >= 0.6 is 11.8 Å². The van der Waals surface area contributed by atoms with Gasteiger partial charge in [-0.3, -0.25) is 4.79 Å². The maximum Gasteiger partial charge on any atom is 0.309 e. The van der Waals surface area contributed by atoms with Crippen LogP contribution in [-0.4, -0.2) is 23.1 Å². The number of hydrogen-bond donors (Lipinski definition) is 1. The molecule has 0 heterocycles. The Hall–Kier alpha value is -0.180. The van der Waals surface area contributed by atoms with E-state index in [0.29, 0.717) is 5.92 Å². The molecule has 1 fully saturated rings. The monoisotopic (exact) mass is 230 g/mol. The van der Waals surface area contributed by atoms with Gasteiger partial charge in [0.1, 0.15) is 0 Å². The Morgan fingerprint density at radius 2 is 2.33 bits per heavy atom. The standard InChI is InChI=1S/C12H22O2S/c1-3-10-5-4-6-12(9-10,11(13)14)7-8-15-2/h10H,3-9H2,1-2H3,(H,13,14). The summed E-state index contributed by atoms with van der Waals surface area (Å²) in [5.74, 6) is 1.05. The van der Waals surface area contributed by atoms with Crippen molar-refractivity contribution in [3.63, 3.8) is 0 Å². The Morgan fingerprint density at radius 3 is 2.87 bits per heavy atom. The average molecular weight is 230 g/mol. The van der Waals surface area contributed by atoms with Crippen LogP contribution in [0.4, 0.5) is 0 Å². The zero-order chi connectivity index (χ0) is 11.3. The van der Waals surface area contributed by atoms with Crippen molar-refractivity contribution < 1.29 is 9.90 Å². The molecule has 88 valence electrons. The molecule has 1 saturated carbocycles. The molecule has 0 aromatic carbocycles. The minimum Gasteiger partial charge on any atom is -0.481 e. The molecule has 1 aliphatic rings. The molecule has 1 rings (SSSR count). The van der Waals surface area contributed by atoms with E-state index in [0.717, 1.165) is 37.9 Å². The molecule has 0 spiro atoms. The summed E-state index contributed by atoms with van der Waals surface area (Å²) in [5.41, 5.74) is -0.401. The van der Waals surface area contributed by atoms with Gasteiger partial charge in [0.25, 0.3) is 0 Å². The van der Waals surface area contributed by atoms with Crippen LogP contribution in [0.2, 0.25) is 0 Å². The van der Waals surface area contributed by atoms with Crippen molar-refractivity contribution in [3.8, 4) is 0 Å². The minimum atomic E-state index is -0.560. The van der Waals surface area contributed by atoms with Crippen LogP contribution in [0.1, 0.15) is 45.4 Å². The van der Waals surface area contributed by atoms with Gasteiger partial charge in [0, 0.05) is 0 Å². The second-order valence-electron chi connectivity index (χ2n) is 4.70. The Kier molecular flexibility index (Phi) is 4.97. The first-order chi connectivity index (χ1) is 7.14. The van der Waals surface area contributed by atoms with Gasteiger partial charge in [-0.25, -0.2) is 0 Å². The first kappa shape index (κ1) is 12.9. The van der Waals surface area contributed by atoms with Crippen LogP contribution in [0.15, 0.2) is 0 Å². The van der Waals surface area contributed by atoms with Gasteiger partial charge in [0.05, 0.1) is 5.41 Å². The van der Waals surface area contributed by atoms with Crippen molar-refractivity contribution in [3.05, 3.63) is 0 Å². The fourth-order valence-electron chi connectivity index (χ4n) is 2.66. The van der Waals surface area contributed by atoms with E-state index in [-0.39, 0.29) is 0 Å². The summed E-state index contributed by atoms with van der Waals surface area (Å²) in [4.78, 5) is 11.4. The van der Waals surface area contributed by atoms with Crippen molar-refractivity contribution in [2.24, 2.45) is 11.3 Å². The van der Waals surface area contributed by atoms with Gasteiger partial charge in [0.15, 0.2) is 0 Å². The molecule has 3 heteroatoms. The van der Waals surface area contributed by atoms with Gasteiger partial charge in [-0.15, -0.1) is 0 Å². The number of aliphatic carboxylic acids is 1. The minimum absolute atomic E-state index is 0.401. The Bertz CT molecular complexity index is 218. The van der Waals surface area contributed by atoms with E-state index >= 15 is 0 Å². The van der Waals surface area contributed by atoms with Crippen molar-refractivity contribution in [2.45, 2.75) is 45.4 Å². The number of carbonyl (C=O) groups is 1. The summed E-state index contributed by atoms with van der Waals surface area (Å²) in [6.45, 7) is 2.18. The molecule has 0 bridgehead atoms. The van der Waals surface area contributed by atoms with E-state index in [1.807, 2.05) is 0 Å². The number of hydrogen-bond acceptors (Lipinski definition) is 2. The molecule has 1 N–H and O–H groups in total. The first-order valence-corrected chi connectivity index (χ1v) is 7.26. The molecule has 2 nitrogen and oxygen atoms in total. The Morgan fingerprint density at radius 1 is 1.60 bits per heavy atom. The fourth-order valence-corrected chi connectivity index (χ4v) is 3.25. The normalized spacial score (nSPS) is 31.5. The summed E-state index contributed by atoms with van der Waals surface area (Å²) in [6, 6.07) is 0. The largest absolute Gasteiger partial charge is 0.481 e. The van der Waals surface area contributed by atoms with Gasteiger partial charge in [-0.2, -0.15) is 11.8 Å². The lowest BCUT2D eigenvalue weighted by Crippen LogP contribution is -2.37. The van der Waals surface area contributed by atoms with Crippen LogP contribution < -0.4 is 0 Å². The molecule has 0 amide bonds. The van der Waals surface area contributed by atoms with Gasteiger partial charge >= 0.3 is 5.97 Å². The third-order valence-corrected chi connectivity index (χ3v) is 4.38. The van der Waals surface area contributed by atoms with Gasteiger partial charge in [-0.05, 0) is 37.2 Å². The van der Waals surface area contributed by atoms with Crippen LogP contribution in [0.3, 0.4) is 0 Å². The van der Waals surface area contributed by atoms with Crippen LogP contribution in [-0.2, 0) is 4.79 Å². The zero-order valence-electron chi connectivity index (χ0n) is 9.79. The predicted molar refractivity (Wildman–Crippen MR) is 65.3 cm³/mol. The van der Waals surface area contributed by atoms with E-state index in [2.05, 4.69) is 13.2 Å². The SMILES string of the molecule is CCC1CCCC(CCSC)(C(=O)O)C1. The molecular formula is C12H22O2S. The quantitative estimate of drug-likeness (QED) is 0.786. The molecule has 0 radical (unpaired) electrons. The van der Waals surface area contributed by atoms with E-state index < -0.39 is 11.4 Å². The molecular weight excluding hydrogens is 208 g/mol. The first-order valence-electron chi connectivity index (χ1n) is 5.87. The average Bonchev–Trinajstić information content (AvgIpc) is 2.26. The van der Waals surface area contributed by atoms with Gasteiger partial charge in [0.2, 0.25) is 0 Å². The lowest BCUT2D eigenvalue weighted by molar-refractivity contribution is -0.152. The van der Waals surface area contributed by atoms with Crippen LogP contribution in [0, 0.1) is 11.3 Å². The molecule has 2 atom stereocenters. The smallest absolute Gasteiger partial charge is 0.309 e. The summed E-state index contributed by atoms with van der Waals surface area (Å²) in [6.07, 6.45) is 8.15. The van der Waals surface area contributed by atoms with E-state index in [1.165, 1.54) is 6.42 Å². The zero-order valence-corrected chi connectivity index (χ0v) is 10.6. The number of thioether (sulfide) groups is 1. The van der Waals surface area contributed by atoms with Gasteiger partial charge in [-0.1, -0.05) is 26.2 Å². The second-order valence-corrected chi connectivity index (χ2v) is 5.68. The third kappa shape index (κ3) is 3.13. The molecule has 0 aromatic heterocycles. The molecule has 2 unspecified atom stereocenters. The fraction of sp³-hybridized carbons (Fsp3) is 0.917. The summed E-state index contributed by atoms with van der Waals surface area (Å²) in [5, 5.41) is 9.42. The van der Waals surface area contributed by atoms with E-state index in [1.54, 1.807) is 11.8 Å². The highest BCUT2D eigenvalue weighted by atomic mass is 32.2. The van der Waals surface area contributed by atoms with Crippen LogP contribution in [0.25, 0.3) is 0 Å². The lowest BCUT2D eigenvalue weighted by Gasteiger charge is -2.37. The number of carboxylic acid groups (broad SMARTS) is 1. The lowest BCUT2D eigenvalue weighted by atomic mass is 9.67. The summed E-state index contributed by atoms with van der Waals surface area (Å²) < 4.78 is 0. The van der Waals surface area contributed by atoms with E-state index in [9.17, 15) is 9.90 Å². The highest BCUT2D eigenvalue weighted by Gasteiger charge is 2.41. The van der Waals surface area contributed by atoms with Crippen molar-refractivity contribution in [1.29, 1.82) is 0 Å². The Balaban J connectivity index is 2.66. The van der Waals surface area contributed by atoms with Crippen molar-refractivity contribution >= 4 is 17.7 Å². The highest BCUT2D eigenvalue weighted by molar-refractivity contribution is 7.98.